The summed E-state index contributed by atoms with van der Waals surface area (Å²) >= 11 is 1.86. The topological polar surface area (TPSA) is 32.3 Å². The van der Waals surface area contributed by atoms with E-state index in [4.69, 9.17) is 5.11 Å². The second-order valence-corrected chi connectivity index (χ2v) is 6.11. The molecule has 1 unspecified atom stereocenters. The summed E-state index contributed by atoms with van der Waals surface area (Å²) in [6, 6.07) is 0.499. The van der Waals surface area contributed by atoms with Gasteiger partial charge in [-0.25, -0.2) is 0 Å². The molecule has 3 heteroatoms. The zero-order valence-electron chi connectivity index (χ0n) is 10.7. The van der Waals surface area contributed by atoms with Crippen molar-refractivity contribution in [1.82, 2.24) is 5.32 Å². The van der Waals surface area contributed by atoms with E-state index >= 15 is 0 Å². The van der Waals surface area contributed by atoms with Gasteiger partial charge in [0.15, 0.2) is 0 Å². The Morgan fingerprint density at radius 3 is 2.56 bits per heavy atom. The van der Waals surface area contributed by atoms with Crippen LogP contribution in [0.1, 0.15) is 39.0 Å². The normalized spacial score (nSPS) is 27.9. The number of hydrogen-bond acceptors (Lipinski definition) is 3. The Labute approximate surface area is 105 Å². The Morgan fingerprint density at radius 2 is 2.00 bits per heavy atom. The van der Waals surface area contributed by atoms with Gasteiger partial charge in [-0.1, -0.05) is 19.8 Å². The minimum Gasteiger partial charge on any atom is -0.396 e. The second kappa shape index (κ2) is 8.37. The molecule has 0 saturated heterocycles. The fraction of sp³-hybridized carbons (Fsp3) is 1.00. The first-order valence-electron chi connectivity index (χ1n) is 6.59. The van der Waals surface area contributed by atoms with Crippen LogP contribution in [0, 0.1) is 11.8 Å². The Kier molecular flexibility index (Phi) is 7.50. The molecule has 0 aliphatic heterocycles. The maximum atomic E-state index is 8.99. The molecule has 96 valence electrons. The predicted octanol–water partition coefficient (Wildman–Crippen LogP) is 2.52. The summed E-state index contributed by atoms with van der Waals surface area (Å²) in [7, 11) is 0. The van der Waals surface area contributed by atoms with E-state index < -0.39 is 0 Å². The Morgan fingerprint density at radius 1 is 1.31 bits per heavy atom. The van der Waals surface area contributed by atoms with Gasteiger partial charge >= 0.3 is 0 Å². The van der Waals surface area contributed by atoms with E-state index in [-0.39, 0.29) is 0 Å². The van der Waals surface area contributed by atoms with Gasteiger partial charge in [-0.15, -0.1) is 0 Å². The number of thioether (sulfide) groups is 1. The lowest BCUT2D eigenvalue weighted by Crippen LogP contribution is -2.36. The van der Waals surface area contributed by atoms with Crippen molar-refractivity contribution in [3.63, 3.8) is 0 Å². The lowest BCUT2D eigenvalue weighted by molar-refractivity contribution is 0.250. The third-order valence-electron chi connectivity index (χ3n) is 3.68. The zero-order chi connectivity index (χ0) is 11.8. The van der Waals surface area contributed by atoms with Crippen LogP contribution in [0.5, 0.6) is 0 Å². The predicted molar refractivity (Wildman–Crippen MR) is 73.0 cm³/mol. The van der Waals surface area contributed by atoms with Gasteiger partial charge in [-0.05, 0) is 43.9 Å². The molecule has 0 aromatic carbocycles. The van der Waals surface area contributed by atoms with Crippen LogP contribution in [0.2, 0.25) is 0 Å². The molecule has 2 nitrogen and oxygen atoms in total. The highest BCUT2D eigenvalue weighted by Crippen LogP contribution is 2.27. The van der Waals surface area contributed by atoms with Crippen molar-refractivity contribution >= 4 is 11.8 Å². The van der Waals surface area contributed by atoms with Gasteiger partial charge in [0.05, 0.1) is 0 Å². The molecule has 1 atom stereocenters. The van der Waals surface area contributed by atoms with E-state index in [1.807, 2.05) is 11.8 Å². The fourth-order valence-corrected chi connectivity index (χ4v) is 3.15. The Balaban J connectivity index is 2.15. The molecule has 1 fully saturated rings. The summed E-state index contributed by atoms with van der Waals surface area (Å²) in [6.07, 6.45) is 8.61. The molecule has 2 N–H and O–H groups in total. The van der Waals surface area contributed by atoms with E-state index in [0.717, 1.165) is 30.6 Å². The third kappa shape index (κ3) is 5.55. The highest BCUT2D eigenvalue weighted by molar-refractivity contribution is 7.98. The van der Waals surface area contributed by atoms with Crippen LogP contribution in [0.3, 0.4) is 0 Å². The van der Waals surface area contributed by atoms with Crippen molar-refractivity contribution in [3.8, 4) is 0 Å². The average Bonchev–Trinajstić information content (AvgIpc) is 2.29. The number of aliphatic hydroxyl groups is 1. The van der Waals surface area contributed by atoms with E-state index in [0.29, 0.717) is 12.6 Å². The van der Waals surface area contributed by atoms with Crippen molar-refractivity contribution in [1.29, 1.82) is 0 Å². The second-order valence-electron chi connectivity index (χ2n) is 5.20. The lowest BCUT2D eigenvalue weighted by Gasteiger charge is -2.28. The molecule has 16 heavy (non-hydrogen) atoms. The first-order valence-corrected chi connectivity index (χ1v) is 7.98. The molecule has 0 heterocycles. The number of nitrogens with one attached hydrogen (secondary N) is 1. The minimum atomic E-state index is 0.305. The highest BCUT2D eigenvalue weighted by Gasteiger charge is 2.18. The summed E-state index contributed by atoms with van der Waals surface area (Å²) in [4.78, 5) is 0. The van der Waals surface area contributed by atoms with Gasteiger partial charge in [0, 0.05) is 18.4 Å². The molecule has 1 rings (SSSR count). The monoisotopic (exact) mass is 245 g/mol. The van der Waals surface area contributed by atoms with Gasteiger partial charge in [0.2, 0.25) is 0 Å². The number of aliphatic hydroxyl groups excluding tert-OH is 1. The largest absolute Gasteiger partial charge is 0.396 e. The van der Waals surface area contributed by atoms with Crippen LogP contribution < -0.4 is 5.32 Å². The minimum absolute atomic E-state index is 0.305. The maximum absolute atomic E-state index is 8.99. The molecule has 1 aliphatic rings. The van der Waals surface area contributed by atoms with Gasteiger partial charge in [0.25, 0.3) is 0 Å². The van der Waals surface area contributed by atoms with Crippen LogP contribution in [-0.4, -0.2) is 36.3 Å². The zero-order valence-corrected chi connectivity index (χ0v) is 11.6. The van der Waals surface area contributed by atoms with E-state index in [9.17, 15) is 0 Å². The van der Waals surface area contributed by atoms with Crippen molar-refractivity contribution < 1.29 is 5.11 Å². The summed E-state index contributed by atoms with van der Waals surface area (Å²) in [5.41, 5.74) is 0. The standard InChI is InChI=1S/C13H27NOS/c1-11-3-5-12(6-4-11)9-14-13(7-8-15)10-16-2/h11-15H,3-10H2,1-2H3. The lowest BCUT2D eigenvalue weighted by atomic mass is 9.83. The third-order valence-corrected chi connectivity index (χ3v) is 4.41. The fourth-order valence-electron chi connectivity index (χ4n) is 2.47. The molecular weight excluding hydrogens is 218 g/mol. The summed E-state index contributed by atoms with van der Waals surface area (Å²) in [5, 5.41) is 12.6. The van der Waals surface area contributed by atoms with Crippen molar-refractivity contribution in [2.24, 2.45) is 11.8 Å². The van der Waals surface area contributed by atoms with Crippen molar-refractivity contribution in [2.75, 3.05) is 25.2 Å². The van der Waals surface area contributed by atoms with Crippen molar-refractivity contribution in [2.45, 2.75) is 45.1 Å². The Hall–Kier alpha value is 0.270. The molecule has 0 aromatic heterocycles. The first-order chi connectivity index (χ1) is 7.76. The molecule has 0 radical (unpaired) electrons. The molecule has 0 amide bonds. The smallest absolute Gasteiger partial charge is 0.0446 e. The SMILES string of the molecule is CSCC(CCO)NCC1CCC(C)CC1. The molecule has 1 aliphatic carbocycles. The van der Waals surface area contributed by atoms with Gasteiger partial charge < -0.3 is 10.4 Å². The van der Waals surface area contributed by atoms with Crippen LogP contribution in [0.15, 0.2) is 0 Å². The number of hydrogen-bond donors (Lipinski definition) is 2. The van der Waals surface area contributed by atoms with Crippen LogP contribution >= 0.6 is 11.8 Å². The van der Waals surface area contributed by atoms with E-state index in [2.05, 4.69) is 18.5 Å². The summed E-state index contributed by atoms with van der Waals surface area (Å²) in [6.45, 7) is 3.82. The Bertz CT molecular complexity index is 163. The average molecular weight is 245 g/mol. The number of rotatable bonds is 7. The van der Waals surface area contributed by atoms with Crippen LogP contribution in [-0.2, 0) is 0 Å². The van der Waals surface area contributed by atoms with Crippen LogP contribution in [0.25, 0.3) is 0 Å². The van der Waals surface area contributed by atoms with E-state index in [1.165, 1.54) is 25.7 Å². The van der Waals surface area contributed by atoms with Gasteiger partial charge in [-0.2, -0.15) is 11.8 Å². The maximum Gasteiger partial charge on any atom is 0.0446 e. The van der Waals surface area contributed by atoms with E-state index in [1.54, 1.807) is 0 Å². The van der Waals surface area contributed by atoms with Crippen molar-refractivity contribution in [3.05, 3.63) is 0 Å². The molecule has 0 spiro atoms. The first kappa shape index (κ1) is 14.3. The van der Waals surface area contributed by atoms with Gasteiger partial charge in [0.1, 0.15) is 0 Å². The quantitative estimate of drug-likeness (QED) is 0.723. The highest BCUT2D eigenvalue weighted by atomic mass is 32.2. The van der Waals surface area contributed by atoms with Crippen LogP contribution in [0.4, 0.5) is 0 Å². The van der Waals surface area contributed by atoms with Gasteiger partial charge in [-0.3, -0.25) is 0 Å². The molecule has 0 aromatic rings. The summed E-state index contributed by atoms with van der Waals surface area (Å²) < 4.78 is 0. The molecular formula is C13H27NOS. The summed E-state index contributed by atoms with van der Waals surface area (Å²) in [5.74, 6) is 2.93. The molecule has 0 bridgehead atoms. The molecule has 1 saturated carbocycles.